The van der Waals surface area contributed by atoms with Crippen LogP contribution >= 0.6 is 0 Å². The third-order valence-electron chi connectivity index (χ3n) is 6.77. The predicted molar refractivity (Wildman–Crippen MR) is 127 cm³/mol. The molecule has 2 saturated heterocycles. The Balaban J connectivity index is 1.97. The molecule has 0 radical (unpaired) electrons. The van der Waals surface area contributed by atoms with Crippen LogP contribution in [0.2, 0.25) is 18.1 Å². The van der Waals surface area contributed by atoms with Gasteiger partial charge in [0.25, 0.3) is 0 Å². The molecule has 0 amide bonds. The third-order valence-corrected chi connectivity index (χ3v) is 11.2. The number of benzene rings is 1. The summed E-state index contributed by atoms with van der Waals surface area (Å²) in [6.45, 7) is 16.2. The SMILES string of the molecule is CC(C)(C)C(=O)O[C@H]1[C@@H](O[Si](C)(C)C(C)(C)C)[C@@H]2O[C@@H](c3ccccc3)OC[C@H]2O[C@H]1CO. The summed E-state index contributed by atoms with van der Waals surface area (Å²) in [6.07, 6.45) is -3.66. The highest BCUT2D eigenvalue weighted by molar-refractivity contribution is 6.74. The minimum absolute atomic E-state index is 0.0713. The number of rotatable bonds is 5. The van der Waals surface area contributed by atoms with Gasteiger partial charge in [0.1, 0.15) is 24.4 Å². The summed E-state index contributed by atoms with van der Waals surface area (Å²) in [6, 6.07) is 9.71. The Bertz CT molecular complexity index is 799. The molecule has 2 aliphatic rings. The molecule has 2 heterocycles. The molecule has 0 bridgehead atoms. The van der Waals surface area contributed by atoms with E-state index in [-0.39, 0.29) is 24.2 Å². The van der Waals surface area contributed by atoms with Gasteiger partial charge in [-0.15, -0.1) is 0 Å². The number of aliphatic hydroxyl groups excluding tert-OH is 1. The first kappa shape index (κ1) is 26.3. The van der Waals surface area contributed by atoms with Crippen LogP contribution in [0.1, 0.15) is 53.4 Å². The molecule has 0 spiro atoms. The van der Waals surface area contributed by atoms with Crippen LogP contribution in [0.25, 0.3) is 0 Å². The fourth-order valence-electron chi connectivity index (χ4n) is 3.68. The van der Waals surface area contributed by atoms with E-state index in [2.05, 4.69) is 33.9 Å². The molecule has 0 aromatic heterocycles. The second kappa shape index (κ2) is 9.75. The molecule has 186 valence electrons. The highest BCUT2D eigenvalue weighted by atomic mass is 28.4. The predicted octanol–water partition coefficient (Wildman–Crippen LogP) is 4.21. The molecule has 0 saturated carbocycles. The van der Waals surface area contributed by atoms with Crippen LogP contribution in [0.15, 0.2) is 30.3 Å². The Kier molecular flexibility index (Phi) is 7.78. The van der Waals surface area contributed by atoms with E-state index in [1.165, 1.54) is 0 Å². The molecule has 33 heavy (non-hydrogen) atoms. The van der Waals surface area contributed by atoms with E-state index in [1.54, 1.807) is 20.8 Å². The van der Waals surface area contributed by atoms with Crippen molar-refractivity contribution in [3.63, 3.8) is 0 Å². The van der Waals surface area contributed by atoms with Gasteiger partial charge in [0.05, 0.1) is 18.6 Å². The molecule has 6 atom stereocenters. The first-order chi connectivity index (χ1) is 15.2. The number of fused-ring (bicyclic) bond motifs is 1. The Labute approximate surface area is 198 Å². The topological polar surface area (TPSA) is 83.5 Å². The number of carbonyl (C=O) groups excluding carboxylic acids is 1. The maximum atomic E-state index is 12.9. The normalized spacial score (nSPS) is 31.1. The maximum absolute atomic E-state index is 12.9. The highest BCUT2D eigenvalue weighted by Crippen LogP contribution is 2.42. The van der Waals surface area contributed by atoms with Gasteiger partial charge in [-0.05, 0) is 38.9 Å². The number of ether oxygens (including phenoxy) is 4. The van der Waals surface area contributed by atoms with E-state index in [1.807, 2.05) is 30.3 Å². The molecular weight excluding hydrogens is 440 g/mol. The lowest BCUT2D eigenvalue weighted by molar-refractivity contribution is -0.329. The summed E-state index contributed by atoms with van der Waals surface area (Å²) in [7, 11) is -2.30. The zero-order valence-corrected chi connectivity index (χ0v) is 22.2. The van der Waals surface area contributed by atoms with E-state index < -0.39 is 50.5 Å². The summed E-state index contributed by atoms with van der Waals surface area (Å²) in [4.78, 5) is 12.9. The molecule has 1 aromatic carbocycles. The first-order valence-corrected chi connectivity index (χ1v) is 14.6. The molecule has 8 heteroatoms. The van der Waals surface area contributed by atoms with E-state index in [9.17, 15) is 9.90 Å². The fourth-order valence-corrected chi connectivity index (χ4v) is 4.98. The van der Waals surface area contributed by atoms with Gasteiger partial charge in [-0.3, -0.25) is 4.79 Å². The van der Waals surface area contributed by atoms with Crippen molar-refractivity contribution in [1.29, 1.82) is 0 Å². The lowest BCUT2D eigenvalue weighted by Gasteiger charge is -2.52. The molecule has 1 aromatic rings. The zero-order chi connectivity index (χ0) is 24.6. The molecule has 2 aliphatic heterocycles. The molecule has 0 aliphatic carbocycles. The summed E-state index contributed by atoms with van der Waals surface area (Å²) in [5.41, 5.74) is 0.191. The van der Waals surface area contributed by atoms with E-state index in [0.29, 0.717) is 0 Å². The second-order valence-corrected chi connectivity index (χ2v) is 16.3. The van der Waals surface area contributed by atoms with Crippen molar-refractivity contribution in [2.45, 2.75) is 96.5 Å². The Morgan fingerprint density at radius 2 is 1.70 bits per heavy atom. The lowest BCUT2D eigenvalue weighted by atomic mass is 9.93. The van der Waals surface area contributed by atoms with Crippen LogP contribution in [0.3, 0.4) is 0 Å². The van der Waals surface area contributed by atoms with Crippen LogP contribution in [0.5, 0.6) is 0 Å². The van der Waals surface area contributed by atoms with Gasteiger partial charge in [-0.2, -0.15) is 0 Å². The molecule has 0 unspecified atom stereocenters. The summed E-state index contributed by atoms with van der Waals surface area (Å²) >= 11 is 0. The zero-order valence-electron chi connectivity index (χ0n) is 21.2. The summed E-state index contributed by atoms with van der Waals surface area (Å²) < 4.78 is 31.3. The minimum Gasteiger partial charge on any atom is -0.456 e. The average molecular weight is 481 g/mol. The maximum Gasteiger partial charge on any atom is 0.311 e. The van der Waals surface area contributed by atoms with Crippen LogP contribution < -0.4 is 0 Å². The monoisotopic (exact) mass is 480 g/mol. The van der Waals surface area contributed by atoms with Gasteiger partial charge in [0.2, 0.25) is 0 Å². The number of carbonyl (C=O) groups is 1. The van der Waals surface area contributed by atoms with Crippen LogP contribution in [-0.2, 0) is 28.2 Å². The Morgan fingerprint density at radius 3 is 2.24 bits per heavy atom. The van der Waals surface area contributed by atoms with E-state index in [4.69, 9.17) is 23.4 Å². The van der Waals surface area contributed by atoms with Crippen molar-refractivity contribution in [1.82, 2.24) is 0 Å². The number of aliphatic hydroxyl groups is 1. The van der Waals surface area contributed by atoms with Gasteiger partial charge in [0.15, 0.2) is 20.7 Å². The van der Waals surface area contributed by atoms with Crippen molar-refractivity contribution in [2.75, 3.05) is 13.2 Å². The van der Waals surface area contributed by atoms with Crippen molar-refractivity contribution >= 4 is 14.3 Å². The number of hydrogen-bond donors (Lipinski definition) is 1. The van der Waals surface area contributed by atoms with Crippen LogP contribution in [0, 0.1) is 5.41 Å². The van der Waals surface area contributed by atoms with Gasteiger partial charge < -0.3 is 28.5 Å². The second-order valence-electron chi connectivity index (χ2n) is 11.5. The van der Waals surface area contributed by atoms with Crippen molar-refractivity contribution in [3.8, 4) is 0 Å². The highest BCUT2D eigenvalue weighted by Gasteiger charge is 2.55. The third kappa shape index (κ3) is 5.86. The van der Waals surface area contributed by atoms with Gasteiger partial charge in [0, 0.05) is 5.56 Å². The first-order valence-electron chi connectivity index (χ1n) is 11.7. The molecule has 3 rings (SSSR count). The lowest BCUT2D eigenvalue weighted by Crippen LogP contribution is -2.66. The number of hydrogen-bond acceptors (Lipinski definition) is 7. The van der Waals surface area contributed by atoms with Gasteiger partial charge in [-0.25, -0.2) is 0 Å². The van der Waals surface area contributed by atoms with Crippen LogP contribution in [0.4, 0.5) is 0 Å². The molecular formula is C25H40O7Si. The summed E-state index contributed by atoms with van der Waals surface area (Å²) in [5.74, 6) is -0.372. The average Bonchev–Trinajstić information content (AvgIpc) is 2.73. The Morgan fingerprint density at radius 1 is 1.06 bits per heavy atom. The fraction of sp³-hybridized carbons (Fsp3) is 0.720. The van der Waals surface area contributed by atoms with Gasteiger partial charge in [-0.1, -0.05) is 51.1 Å². The quantitative estimate of drug-likeness (QED) is 0.499. The minimum atomic E-state index is -2.30. The standard InChI is InChI=1S/C25H40O7Si/c1-24(2,3)23(27)31-19-17(14-26)29-18-15-28-22(16-12-10-9-11-13-16)30-20(18)21(19)32-33(7,8)25(4,5)6/h9-13,17-22,26H,14-15H2,1-8H3/t17-,18+,19+,20+,21+,22-/m0/s1. The largest absolute Gasteiger partial charge is 0.456 e. The summed E-state index contributed by atoms with van der Waals surface area (Å²) in [5, 5.41) is 10.1. The molecule has 2 fully saturated rings. The molecule has 1 N–H and O–H groups in total. The van der Waals surface area contributed by atoms with E-state index >= 15 is 0 Å². The van der Waals surface area contributed by atoms with Crippen molar-refractivity contribution < 1.29 is 33.3 Å². The number of esters is 1. The molecule has 7 nitrogen and oxygen atoms in total. The Hall–Kier alpha value is -1.29. The van der Waals surface area contributed by atoms with Gasteiger partial charge >= 0.3 is 5.97 Å². The smallest absolute Gasteiger partial charge is 0.311 e. The van der Waals surface area contributed by atoms with Crippen molar-refractivity contribution in [3.05, 3.63) is 35.9 Å². The van der Waals surface area contributed by atoms with Crippen LogP contribution in [-0.4, -0.2) is 63.1 Å². The van der Waals surface area contributed by atoms with E-state index in [0.717, 1.165) is 5.56 Å². The van der Waals surface area contributed by atoms with Crippen molar-refractivity contribution in [2.24, 2.45) is 5.41 Å².